The van der Waals surface area contributed by atoms with E-state index in [1.54, 1.807) is 23.2 Å². The van der Waals surface area contributed by atoms with Gasteiger partial charge in [0.2, 0.25) is 0 Å². The molecule has 0 saturated carbocycles. The molecule has 0 spiro atoms. The number of pyridine rings is 2. The van der Waals surface area contributed by atoms with E-state index in [0.717, 1.165) is 23.4 Å². The zero-order valence-electron chi connectivity index (χ0n) is 17.1. The van der Waals surface area contributed by atoms with Crippen LogP contribution >= 0.6 is 0 Å². The van der Waals surface area contributed by atoms with Crippen LogP contribution < -0.4 is 0 Å². The highest BCUT2D eigenvalue weighted by Crippen LogP contribution is 2.25. The van der Waals surface area contributed by atoms with Crippen LogP contribution in [-0.2, 0) is 25.8 Å². The third-order valence-corrected chi connectivity index (χ3v) is 5.54. The van der Waals surface area contributed by atoms with Gasteiger partial charge in [0.1, 0.15) is 17.3 Å². The number of rotatable bonds is 4. The van der Waals surface area contributed by atoms with Crippen molar-refractivity contribution in [3.63, 3.8) is 0 Å². The summed E-state index contributed by atoms with van der Waals surface area (Å²) in [5.41, 5.74) is 3.64. The Bertz CT molecular complexity index is 1260. The monoisotopic (exact) mass is 416 g/mol. The smallest absolute Gasteiger partial charge is 0.254 e. The lowest BCUT2D eigenvalue weighted by Crippen LogP contribution is -2.36. The fourth-order valence-corrected chi connectivity index (χ4v) is 4.01. The van der Waals surface area contributed by atoms with Crippen LogP contribution in [0.15, 0.2) is 53.2 Å². The van der Waals surface area contributed by atoms with Gasteiger partial charge in [-0.25, -0.2) is 9.37 Å². The Morgan fingerprint density at radius 2 is 2.10 bits per heavy atom. The van der Waals surface area contributed by atoms with Crippen LogP contribution in [0.2, 0.25) is 0 Å². The molecule has 0 radical (unpaired) electrons. The number of hydrogen-bond acceptors (Lipinski definition) is 5. The number of oxazole rings is 1. The van der Waals surface area contributed by atoms with E-state index in [4.69, 9.17) is 4.42 Å². The van der Waals surface area contributed by atoms with Crippen molar-refractivity contribution >= 4 is 16.8 Å². The van der Waals surface area contributed by atoms with Crippen molar-refractivity contribution in [2.45, 2.75) is 32.7 Å². The van der Waals surface area contributed by atoms with Crippen molar-refractivity contribution in [2.75, 3.05) is 6.54 Å². The number of aryl methyl sites for hydroxylation is 3. The molecule has 7 heteroatoms. The molecule has 4 aromatic rings. The molecule has 0 fully saturated rings. The van der Waals surface area contributed by atoms with Crippen molar-refractivity contribution in [3.05, 3.63) is 88.8 Å². The molecule has 0 saturated heterocycles. The lowest BCUT2D eigenvalue weighted by Gasteiger charge is -2.26. The molecule has 0 aliphatic carbocycles. The number of amides is 1. The van der Waals surface area contributed by atoms with Crippen LogP contribution in [-0.4, -0.2) is 32.3 Å². The molecule has 5 rings (SSSR count). The van der Waals surface area contributed by atoms with Gasteiger partial charge in [0.15, 0.2) is 5.89 Å². The number of carbonyl (C=O) groups is 1. The highest BCUT2D eigenvalue weighted by Gasteiger charge is 2.27. The molecule has 3 aromatic heterocycles. The molecule has 0 N–H and O–H groups in total. The number of halogens is 1. The predicted molar refractivity (Wildman–Crippen MR) is 113 cm³/mol. The van der Waals surface area contributed by atoms with Gasteiger partial charge in [-0.15, -0.1) is 0 Å². The summed E-state index contributed by atoms with van der Waals surface area (Å²) in [4.78, 5) is 28.2. The average molecular weight is 416 g/mol. The standard InChI is InChI=1S/C24H21FN4O2/c1-15-11-19(18-6-5-17(25)12-20(18)27-15)24(30)29-10-8-22-21(14-29)28-23(31-22)7-4-16-3-2-9-26-13-16/h2-3,5-6,9,11-13H,4,7-8,10,14H2,1H3. The highest BCUT2D eigenvalue weighted by atomic mass is 19.1. The van der Waals surface area contributed by atoms with Gasteiger partial charge in [-0.1, -0.05) is 6.07 Å². The van der Waals surface area contributed by atoms with Gasteiger partial charge in [0, 0.05) is 48.9 Å². The average Bonchev–Trinajstić information content (AvgIpc) is 3.19. The fraction of sp³-hybridized carbons (Fsp3) is 0.250. The molecular formula is C24H21FN4O2. The summed E-state index contributed by atoms with van der Waals surface area (Å²) in [5, 5.41) is 0.653. The Morgan fingerprint density at radius 1 is 1.19 bits per heavy atom. The second-order valence-corrected chi connectivity index (χ2v) is 7.79. The summed E-state index contributed by atoms with van der Waals surface area (Å²) in [7, 11) is 0. The van der Waals surface area contributed by atoms with E-state index in [9.17, 15) is 9.18 Å². The highest BCUT2D eigenvalue weighted by molar-refractivity contribution is 6.06. The van der Waals surface area contributed by atoms with Gasteiger partial charge in [-0.2, -0.15) is 0 Å². The Labute approximate surface area is 178 Å². The first-order chi connectivity index (χ1) is 15.1. The van der Waals surface area contributed by atoms with Crippen LogP contribution in [0.3, 0.4) is 0 Å². The third-order valence-electron chi connectivity index (χ3n) is 5.54. The molecule has 0 atom stereocenters. The molecule has 1 aliphatic rings. The normalized spacial score (nSPS) is 13.4. The number of carbonyl (C=O) groups excluding carboxylic acids is 1. The second-order valence-electron chi connectivity index (χ2n) is 7.79. The van der Waals surface area contributed by atoms with Crippen LogP contribution in [0.1, 0.15) is 39.0 Å². The topological polar surface area (TPSA) is 72.1 Å². The minimum atomic E-state index is -0.368. The van der Waals surface area contributed by atoms with Crippen molar-refractivity contribution in [2.24, 2.45) is 0 Å². The van der Waals surface area contributed by atoms with E-state index in [1.165, 1.54) is 12.1 Å². The zero-order valence-corrected chi connectivity index (χ0v) is 17.1. The number of benzene rings is 1. The molecule has 1 amide bonds. The number of nitrogens with zero attached hydrogens (tertiary/aromatic N) is 4. The third kappa shape index (κ3) is 3.91. The van der Waals surface area contributed by atoms with Crippen molar-refractivity contribution in [1.29, 1.82) is 0 Å². The van der Waals surface area contributed by atoms with E-state index < -0.39 is 0 Å². The number of aromatic nitrogens is 3. The van der Waals surface area contributed by atoms with Crippen molar-refractivity contribution < 1.29 is 13.6 Å². The molecule has 4 heterocycles. The van der Waals surface area contributed by atoms with E-state index >= 15 is 0 Å². The maximum absolute atomic E-state index is 13.6. The van der Waals surface area contributed by atoms with Crippen LogP contribution in [0.5, 0.6) is 0 Å². The molecule has 0 unspecified atom stereocenters. The maximum atomic E-state index is 13.6. The number of hydrogen-bond donors (Lipinski definition) is 0. The molecular weight excluding hydrogens is 395 g/mol. The summed E-state index contributed by atoms with van der Waals surface area (Å²) in [6, 6.07) is 10.0. The Hall–Kier alpha value is -3.61. The summed E-state index contributed by atoms with van der Waals surface area (Å²) in [6.45, 7) is 2.75. The maximum Gasteiger partial charge on any atom is 0.254 e. The Balaban J connectivity index is 1.35. The molecule has 31 heavy (non-hydrogen) atoms. The van der Waals surface area contributed by atoms with E-state index in [2.05, 4.69) is 15.0 Å². The SMILES string of the molecule is Cc1cc(C(=O)N2CCc3oc(CCc4cccnc4)nc3C2)c2ccc(F)cc2n1. The van der Waals surface area contributed by atoms with Gasteiger partial charge in [-0.3, -0.25) is 14.8 Å². The zero-order chi connectivity index (χ0) is 21.4. The van der Waals surface area contributed by atoms with Gasteiger partial charge in [0.25, 0.3) is 5.91 Å². The summed E-state index contributed by atoms with van der Waals surface area (Å²) in [5.74, 6) is 1.06. The largest absolute Gasteiger partial charge is 0.445 e. The number of fused-ring (bicyclic) bond motifs is 2. The van der Waals surface area contributed by atoms with E-state index in [0.29, 0.717) is 54.0 Å². The molecule has 156 valence electrons. The molecule has 1 aromatic carbocycles. The summed E-state index contributed by atoms with van der Waals surface area (Å²) in [6.07, 6.45) is 5.71. The first-order valence-electron chi connectivity index (χ1n) is 10.3. The molecule has 6 nitrogen and oxygen atoms in total. The second kappa shape index (κ2) is 7.91. The Morgan fingerprint density at radius 3 is 2.94 bits per heavy atom. The van der Waals surface area contributed by atoms with E-state index in [1.807, 2.05) is 25.3 Å². The van der Waals surface area contributed by atoms with E-state index in [-0.39, 0.29) is 11.7 Å². The van der Waals surface area contributed by atoms with Gasteiger partial charge >= 0.3 is 0 Å². The van der Waals surface area contributed by atoms with Crippen LogP contribution in [0, 0.1) is 12.7 Å². The fourth-order valence-electron chi connectivity index (χ4n) is 4.01. The van der Waals surface area contributed by atoms with Gasteiger partial charge in [0.05, 0.1) is 17.6 Å². The first kappa shape index (κ1) is 19.4. The lowest BCUT2D eigenvalue weighted by atomic mass is 10.0. The molecule has 0 bridgehead atoms. The van der Waals surface area contributed by atoms with Crippen LogP contribution in [0.25, 0.3) is 10.9 Å². The lowest BCUT2D eigenvalue weighted by molar-refractivity contribution is 0.0729. The van der Waals surface area contributed by atoms with Gasteiger partial charge in [-0.05, 0) is 43.2 Å². The Kier molecular flexibility index (Phi) is 4.94. The predicted octanol–water partition coefficient (Wildman–Crippen LogP) is 4.05. The minimum absolute atomic E-state index is 0.104. The molecule has 1 aliphatic heterocycles. The summed E-state index contributed by atoms with van der Waals surface area (Å²) < 4.78 is 19.6. The van der Waals surface area contributed by atoms with Crippen LogP contribution in [0.4, 0.5) is 4.39 Å². The minimum Gasteiger partial charge on any atom is -0.445 e. The first-order valence-corrected chi connectivity index (χ1v) is 10.3. The quantitative estimate of drug-likeness (QED) is 0.502. The van der Waals surface area contributed by atoms with Crippen molar-refractivity contribution in [1.82, 2.24) is 19.9 Å². The summed E-state index contributed by atoms with van der Waals surface area (Å²) >= 11 is 0. The van der Waals surface area contributed by atoms with Crippen molar-refractivity contribution in [3.8, 4) is 0 Å². The van der Waals surface area contributed by atoms with Gasteiger partial charge < -0.3 is 9.32 Å².